The molecule has 1 aliphatic heterocycles. The molecule has 0 saturated carbocycles. The molecule has 0 bridgehead atoms. The molecule has 4 rings (SSSR count). The molecule has 3 aromatic rings. The van der Waals surface area contributed by atoms with Crippen LogP contribution in [0.25, 0.3) is 17.1 Å². The van der Waals surface area contributed by atoms with Crippen molar-refractivity contribution in [2.75, 3.05) is 18.8 Å². The lowest BCUT2D eigenvalue weighted by Crippen LogP contribution is -2.33. The summed E-state index contributed by atoms with van der Waals surface area (Å²) in [5.74, 6) is 0.743. The average Bonchev–Trinajstić information content (AvgIpc) is 2.98. The van der Waals surface area contributed by atoms with E-state index in [1.54, 1.807) is 24.5 Å². The van der Waals surface area contributed by atoms with E-state index in [0.717, 1.165) is 37.2 Å². The van der Waals surface area contributed by atoms with Gasteiger partial charge in [-0.25, -0.2) is 4.39 Å². The van der Waals surface area contributed by atoms with E-state index in [-0.39, 0.29) is 11.7 Å². The Morgan fingerprint density at radius 2 is 1.66 bits per heavy atom. The van der Waals surface area contributed by atoms with Gasteiger partial charge in [-0.15, -0.1) is 10.2 Å². The zero-order chi connectivity index (χ0) is 20.1. The summed E-state index contributed by atoms with van der Waals surface area (Å²) in [6, 6.07) is 9.88. The molecule has 150 valence electrons. The van der Waals surface area contributed by atoms with Crippen LogP contribution >= 0.6 is 11.8 Å². The average molecular weight is 412 g/mol. The molecular weight excluding hydrogens is 389 g/mol. The number of nitrogens with zero attached hydrogens (tertiary/aromatic N) is 5. The highest BCUT2D eigenvalue weighted by molar-refractivity contribution is 7.99. The summed E-state index contributed by atoms with van der Waals surface area (Å²) >= 11 is 1.36. The molecule has 1 aromatic carbocycles. The van der Waals surface area contributed by atoms with Crippen molar-refractivity contribution in [1.29, 1.82) is 0 Å². The van der Waals surface area contributed by atoms with Crippen molar-refractivity contribution < 1.29 is 9.18 Å². The van der Waals surface area contributed by atoms with E-state index >= 15 is 0 Å². The largest absolute Gasteiger partial charge is 0.342 e. The molecule has 2 aromatic heterocycles. The lowest BCUT2D eigenvalue weighted by molar-refractivity contribution is -0.128. The summed E-state index contributed by atoms with van der Waals surface area (Å²) in [4.78, 5) is 18.7. The van der Waals surface area contributed by atoms with E-state index in [2.05, 4.69) is 15.2 Å². The van der Waals surface area contributed by atoms with Crippen LogP contribution in [0.2, 0.25) is 0 Å². The number of hydrogen-bond donors (Lipinski definition) is 0. The van der Waals surface area contributed by atoms with Gasteiger partial charge in [-0.05, 0) is 49.2 Å². The maximum absolute atomic E-state index is 13.4. The Morgan fingerprint density at radius 3 is 2.34 bits per heavy atom. The molecule has 0 atom stereocenters. The molecule has 1 fully saturated rings. The number of rotatable bonds is 5. The maximum Gasteiger partial charge on any atom is 0.233 e. The van der Waals surface area contributed by atoms with Gasteiger partial charge in [0.15, 0.2) is 11.0 Å². The van der Waals surface area contributed by atoms with Crippen LogP contribution in [0.1, 0.15) is 25.7 Å². The Bertz CT molecular complexity index is 953. The molecule has 1 aliphatic rings. The van der Waals surface area contributed by atoms with Crippen molar-refractivity contribution in [1.82, 2.24) is 24.6 Å². The Hall–Kier alpha value is -2.74. The van der Waals surface area contributed by atoms with Gasteiger partial charge in [-0.2, -0.15) is 0 Å². The van der Waals surface area contributed by atoms with E-state index in [1.165, 1.54) is 36.7 Å². The van der Waals surface area contributed by atoms with Gasteiger partial charge in [0.1, 0.15) is 5.82 Å². The van der Waals surface area contributed by atoms with Crippen LogP contribution < -0.4 is 0 Å². The third-order valence-electron chi connectivity index (χ3n) is 4.94. The molecule has 0 spiro atoms. The molecule has 29 heavy (non-hydrogen) atoms. The smallest absolute Gasteiger partial charge is 0.233 e. The molecule has 6 nitrogen and oxygen atoms in total. The van der Waals surface area contributed by atoms with Gasteiger partial charge < -0.3 is 4.90 Å². The number of pyridine rings is 1. The highest BCUT2D eigenvalue weighted by Gasteiger charge is 2.20. The zero-order valence-electron chi connectivity index (χ0n) is 16.0. The van der Waals surface area contributed by atoms with Crippen LogP contribution in [0.15, 0.2) is 53.9 Å². The monoisotopic (exact) mass is 411 g/mol. The lowest BCUT2D eigenvalue weighted by atomic mass is 10.2. The third-order valence-corrected chi connectivity index (χ3v) is 5.85. The van der Waals surface area contributed by atoms with Gasteiger partial charge in [-0.1, -0.05) is 24.6 Å². The molecule has 8 heteroatoms. The highest BCUT2D eigenvalue weighted by Crippen LogP contribution is 2.28. The first-order chi connectivity index (χ1) is 14.2. The third kappa shape index (κ3) is 4.64. The van der Waals surface area contributed by atoms with Crippen molar-refractivity contribution in [3.8, 4) is 17.1 Å². The molecule has 0 radical (unpaired) electrons. The maximum atomic E-state index is 13.4. The quantitative estimate of drug-likeness (QED) is 0.595. The van der Waals surface area contributed by atoms with Crippen molar-refractivity contribution in [2.24, 2.45) is 0 Å². The zero-order valence-corrected chi connectivity index (χ0v) is 16.8. The number of hydrogen-bond acceptors (Lipinski definition) is 5. The number of amides is 1. The molecule has 0 unspecified atom stereocenters. The van der Waals surface area contributed by atoms with Crippen LogP contribution in [0.4, 0.5) is 4.39 Å². The van der Waals surface area contributed by atoms with Crippen LogP contribution in [0.3, 0.4) is 0 Å². The topological polar surface area (TPSA) is 63.9 Å². The molecule has 1 saturated heterocycles. The summed E-state index contributed by atoms with van der Waals surface area (Å²) in [6.07, 6.45) is 7.88. The first-order valence-electron chi connectivity index (χ1n) is 9.75. The fraction of sp³-hybridized carbons (Fsp3) is 0.333. The summed E-state index contributed by atoms with van der Waals surface area (Å²) in [5, 5.41) is 9.26. The first-order valence-corrected chi connectivity index (χ1v) is 10.7. The number of halogens is 1. The second-order valence-corrected chi connectivity index (χ2v) is 7.88. The standard InChI is InChI=1S/C21H22FN5OS/c22-17-5-7-18(8-6-17)27-20(16-9-11-23-12-10-16)24-25-21(27)29-15-19(28)26-13-3-1-2-4-14-26/h5-12H,1-4,13-15H2. The fourth-order valence-corrected chi connectivity index (χ4v) is 4.27. The van der Waals surface area contributed by atoms with Crippen molar-refractivity contribution >= 4 is 17.7 Å². The summed E-state index contributed by atoms with van der Waals surface area (Å²) in [6.45, 7) is 1.65. The second kappa shape index (κ2) is 9.17. The van der Waals surface area contributed by atoms with Gasteiger partial charge in [0.05, 0.1) is 5.75 Å². The van der Waals surface area contributed by atoms with Crippen LogP contribution in [0.5, 0.6) is 0 Å². The van der Waals surface area contributed by atoms with Gasteiger partial charge in [0.25, 0.3) is 0 Å². The van der Waals surface area contributed by atoms with E-state index in [9.17, 15) is 9.18 Å². The Balaban J connectivity index is 1.60. The predicted molar refractivity (Wildman–Crippen MR) is 110 cm³/mol. The van der Waals surface area contributed by atoms with E-state index in [4.69, 9.17) is 0 Å². The minimum atomic E-state index is -0.308. The van der Waals surface area contributed by atoms with Crippen molar-refractivity contribution in [2.45, 2.75) is 30.8 Å². The van der Waals surface area contributed by atoms with Crippen LogP contribution in [-0.4, -0.2) is 49.4 Å². The van der Waals surface area contributed by atoms with E-state index < -0.39 is 0 Å². The molecule has 0 N–H and O–H groups in total. The summed E-state index contributed by atoms with van der Waals surface area (Å²) in [7, 11) is 0. The molecular formula is C21H22FN5OS. The van der Waals surface area contributed by atoms with Crippen LogP contribution in [-0.2, 0) is 4.79 Å². The predicted octanol–water partition coefficient (Wildman–Crippen LogP) is 3.96. The van der Waals surface area contributed by atoms with E-state index in [1.807, 2.05) is 21.6 Å². The van der Waals surface area contributed by atoms with Crippen molar-refractivity contribution in [3.63, 3.8) is 0 Å². The Kier molecular flexibility index (Phi) is 6.19. The van der Waals surface area contributed by atoms with E-state index in [0.29, 0.717) is 16.7 Å². The summed E-state index contributed by atoms with van der Waals surface area (Å²) < 4.78 is 15.3. The van der Waals surface area contributed by atoms with Gasteiger partial charge in [0.2, 0.25) is 5.91 Å². The Labute approximate surface area is 173 Å². The number of carbonyl (C=O) groups excluding carboxylic acids is 1. The Morgan fingerprint density at radius 1 is 0.966 bits per heavy atom. The molecule has 0 aliphatic carbocycles. The second-order valence-electron chi connectivity index (χ2n) is 6.94. The minimum Gasteiger partial charge on any atom is -0.342 e. The SMILES string of the molecule is O=C(CSc1nnc(-c2ccncc2)n1-c1ccc(F)cc1)N1CCCCCC1. The number of benzene rings is 1. The van der Waals surface area contributed by atoms with Crippen molar-refractivity contribution in [3.05, 3.63) is 54.6 Å². The minimum absolute atomic E-state index is 0.121. The molecule has 3 heterocycles. The molecule has 1 amide bonds. The fourth-order valence-electron chi connectivity index (χ4n) is 3.41. The summed E-state index contributed by atoms with van der Waals surface area (Å²) in [5.41, 5.74) is 1.59. The number of carbonyl (C=O) groups is 1. The number of likely N-dealkylation sites (tertiary alicyclic amines) is 1. The number of aromatic nitrogens is 4. The van der Waals surface area contributed by atoms with Gasteiger partial charge in [-0.3, -0.25) is 14.3 Å². The normalized spacial score (nSPS) is 14.6. The lowest BCUT2D eigenvalue weighted by Gasteiger charge is -2.20. The van der Waals surface area contributed by atoms with Gasteiger partial charge >= 0.3 is 0 Å². The van der Waals surface area contributed by atoms with Gasteiger partial charge in [0, 0.05) is 36.7 Å². The first kappa shape index (κ1) is 19.6. The van der Waals surface area contributed by atoms with Crippen LogP contribution in [0, 0.1) is 5.82 Å². The highest BCUT2D eigenvalue weighted by atomic mass is 32.2. The number of thioether (sulfide) groups is 1.